The van der Waals surface area contributed by atoms with Gasteiger partial charge in [0.1, 0.15) is 0 Å². The first-order chi connectivity index (χ1) is 14.0. The van der Waals surface area contributed by atoms with Gasteiger partial charge >= 0.3 is 0 Å². The fraction of sp³-hybridized carbons (Fsp3) is 0.667. The minimum Gasteiger partial charge on any atom is -0.0988 e. The second-order valence-electron chi connectivity index (χ2n) is 11.5. The molecule has 3 aliphatic rings. The van der Waals surface area contributed by atoms with E-state index in [9.17, 15) is 0 Å². The van der Waals surface area contributed by atoms with Gasteiger partial charge in [-0.15, -0.1) is 0 Å². The quantitative estimate of drug-likeness (QED) is 0.303. The number of fused-ring (bicyclic) bond motifs is 1. The molecule has 0 aromatic rings. The summed E-state index contributed by atoms with van der Waals surface area (Å²) in [6.45, 7) is 22.3. The van der Waals surface area contributed by atoms with E-state index in [0.717, 1.165) is 18.8 Å². The van der Waals surface area contributed by atoms with Gasteiger partial charge < -0.3 is 0 Å². The Hall–Kier alpha value is -1.30. The van der Waals surface area contributed by atoms with E-state index in [1.165, 1.54) is 55.2 Å². The minimum absolute atomic E-state index is 0.510. The zero-order chi connectivity index (χ0) is 22.6. The van der Waals surface area contributed by atoms with Crippen LogP contribution >= 0.6 is 0 Å². The van der Waals surface area contributed by atoms with Crippen LogP contribution in [0.5, 0.6) is 0 Å². The van der Waals surface area contributed by atoms with Crippen LogP contribution in [0.25, 0.3) is 0 Å². The van der Waals surface area contributed by atoms with E-state index in [1.807, 2.05) is 11.6 Å². The van der Waals surface area contributed by atoms with Crippen molar-refractivity contribution in [3.63, 3.8) is 0 Å². The van der Waals surface area contributed by atoms with Crippen molar-refractivity contribution in [1.29, 1.82) is 0 Å². The van der Waals surface area contributed by atoms with Crippen LogP contribution in [-0.2, 0) is 0 Å². The highest BCUT2D eigenvalue weighted by Crippen LogP contribution is 2.73. The summed E-state index contributed by atoms with van der Waals surface area (Å²) in [6.07, 6.45) is 21.8. The molecule has 2 fully saturated rings. The molecule has 1 unspecified atom stereocenters. The number of hydrogen-bond acceptors (Lipinski definition) is 0. The van der Waals surface area contributed by atoms with Gasteiger partial charge in [-0.2, -0.15) is 0 Å². The van der Waals surface area contributed by atoms with Crippen molar-refractivity contribution in [2.75, 3.05) is 0 Å². The summed E-state index contributed by atoms with van der Waals surface area (Å²) >= 11 is 0. The molecule has 0 saturated heterocycles. The Balaban J connectivity index is 0.000000214. The van der Waals surface area contributed by atoms with Crippen molar-refractivity contribution >= 4 is 0 Å². The third-order valence-electron chi connectivity index (χ3n) is 8.48. The van der Waals surface area contributed by atoms with Gasteiger partial charge in [-0.05, 0) is 101 Å². The summed E-state index contributed by atoms with van der Waals surface area (Å²) in [5.74, 6) is 0.973. The summed E-state index contributed by atoms with van der Waals surface area (Å²) in [6, 6.07) is 0. The predicted molar refractivity (Wildman–Crippen MR) is 136 cm³/mol. The molecule has 0 radical (unpaired) electrons. The van der Waals surface area contributed by atoms with Gasteiger partial charge in [0, 0.05) is 0 Å². The molecule has 0 nitrogen and oxygen atoms in total. The molecule has 2 atom stereocenters. The van der Waals surface area contributed by atoms with Gasteiger partial charge in [0.25, 0.3) is 0 Å². The Morgan fingerprint density at radius 3 is 2.33 bits per heavy atom. The zero-order valence-corrected chi connectivity index (χ0v) is 21.3. The third-order valence-corrected chi connectivity index (χ3v) is 8.48. The molecule has 2 saturated carbocycles. The van der Waals surface area contributed by atoms with E-state index in [1.54, 1.807) is 0 Å². The lowest BCUT2D eigenvalue weighted by Gasteiger charge is -2.51. The first-order valence-electron chi connectivity index (χ1n) is 12.3. The van der Waals surface area contributed by atoms with Crippen molar-refractivity contribution in [3.05, 3.63) is 59.3 Å². The summed E-state index contributed by atoms with van der Waals surface area (Å²) in [4.78, 5) is 0. The highest BCUT2D eigenvalue weighted by molar-refractivity contribution is 5.36. The Morgan fingerprint density at radius 1 is 1.03 bits per heavy atom. The molecule has 3 aliphatic carbocycles. The van der Waals surface area contributed by atoms with Crippen LogP contribution in [0.3, 0.4) is 0 Å². The standard InChI is InChI=1S/2C15H24/c1-13(2)8-5-6-12-14(3,4)11-7-9-15(12,13)10-11;1-6-14(4)10-8-12-15(5)11-7-9-13(2)3/h6,11H,5,7-10H2,1-4H3;6,9-10,12H,1,7-8,11H2,2-5H3/b;14-10+,15-12+/t11-,15?;/m0./s1. The molecule has 0 heteroatoms. The Morgan fingerprint density at radius 2 is 1.73 bits per heavy atom. The van der Waals surface area contributed by atoms with Gasteiger partial charge in [-0.3, -0.25) is 0 Å². The van der Waals surface area contributed by atoms with Crippen molar-refractivity contribution in [1.82, 2.24) is 0 Å². The highest BCUT2D eigenvalue weighted by atomic mass is 14.7. The lowest BCUT2D eigenvalue weighted by molar-refractivity contribution is 0.0901. The molecule has 30 heavy (non-hydrogen) atoms. The van der Waals surface area contributed by atoms with Crippen LogP contribution in [-0.4, -0.2) is 0 Å². The molecule has 0 heterocycles. The fourth-order valence-electron chi connectivity index (χ4n) is 6.22. The van der Waals surface area contributed by atoms with Crippen molar-refractivity contribution in [3.8, 4) is 0 Å². The zero-order valence-electron chi connectivity index (χ0n) is 21.3. The first-order valence-corrected chi connectivity index (χ1v) is 12.3. The van der Waals surface area contributed by atoms with Crippen LogP contribution in [0.4, 0.5) is 0 Å². The van der Waals surface area contributed by atoms with E-state index in [2.05, 4.69) is 86.3 Å². The second-order valence-corrected chi connectivity index (χ2v) is 11.5. The molecule has 0 amide bonds. The maximum absolute atomic E-state index is 3.73. The second kappa shape index (κ2) is 9.88. The number of allylic oxidation sites excluding steroid dienone is 9. The number of rotatable bonds is 6. The molecule has 0 aromatic carbocycles. The number of hydrogen-bond donors (Lipinski definition) is 0. The van der Waals surface area contributed by atoms with Gasteiger partial charge in [-0.25, -0.2) is 0 Å². The van der Waals surface area contributed by atoms with Crippen molar-refractivity contribution in [2.45, 2.75) is 107 Å². The highest BCUT2D eigenvalue weighted by Gasteiger charge is 2.63. The molecule has 0 aromatic heterocycles. The summed E-state index contributed by atoms with van der Waals surface area (Å²) in [7, 11) is 0. The Bertz CT molecular complexity index is 730. The van der Waals surface area contributed by atoms with Gasteiger partial charge in [0.15, 0.2) is 0 Å². The molecule has 0 N–H and O–H groups in total. The summed E-state index contributed by atoms with van der Waals surface area (Å²) in [5.41, 5.74) is 7.63. The average Bonchev–Trinajstić information content (AvgIpc) is 3.19. The van der Waals surface area contributed by atoms with E-state index in [-0.39, 0.29) is 0 Å². The van der Waals surface area contributed by atoms with E-state index in [4.69, 9.17) is 0 Å². The smallest absolute Gasteiger partial charge is 0.00284 e. The van der Waals surface area contributed by atoms with Crippen molar-refractivity contribution in [2.24, 2.45) is 22.2 Å². The van der Waals surface area contributed by atoms with Crippen LogP contribution in [0.2, 0.25) is 0 Å². The Labute approximate surface area is 188 Å². The van der Waals surface area contributed by atoms with E-state index in [0.29, 0.717) is 16.2 Å². The molecular formula is C30H48. The maximum Gasteiger partial charge on any atom is -0.00284 e. The molecule has 3 rings (SSSR count). The third kappa shape index (κ3) is 5.30. The molecule has 0 aliphatic heterocycles. The van der Waals surface area contributed by atoms with Gasteiger partial charge in [0.05, 0.1) is 0 Å². The van der Waals surface area contributed by atoms with Crippen LogP contribution in [0.15, 0.2) is 59.3 Å². The van der Waals surface area contributed by atoms with Gasteiger partial charge in [-0.1, -0.05) is 86.9 Å². The van der Waals surface area contributed by atoms with Crippen LogP contribution < -0.4 is 0 Å². The summed E-state index contributed by atoms with van der Waals surface area (Å²) in [5, 5.41) is 0. The molecule has 168 valence electrons. The van der Waals surface area contributed by atoms with Crippen LogP contribution in [0, 0.1) is 22.2 Å². The lowest BCUT2D eigenvalue weighted by Crippen LogP contribution is -2.41. The largest absolute Gasteiger partial charge is 0.0988 e. The maximum atomic E-state index is 3.73. The molecular weight excluding hydrogens is 360 g/mol. The van der Waals surface area contributed by atoms with Gasteiger partial charge in [0.2, 0.25) is 0 Å². The summed E-state index contributed by atoms with van der Waals surface area (Å²) < 4.78 is 0. The fourth-order valence-corrected chi connectivity index (χ4v) is 6.22. The lowest BCUT2D eigenvalue weighted by atomic mass is 9.54. The Kier molecular flexibility index (Phi) is 8.22. The normalized spacial score (nSPS) is 28.8. The topological polar surface area (TPSA) is 0 Å². The monoisotopic (exact) mass is 408 g/mol. The van der Waals surface area contributed by atoms with Crippen LogP contribution in [0.1, 0.15) is 107 Å². The van der Waals surface area contributed by atoms with Crippen molar-refractivity contribution < 1.29 is 0 Å². The van der Waals surface area contributed by atoms with E-state index < -0.39 is 0 Å². The molecule has 1 spiro atoms. The molecule has 2 bridgehead atoms. The first kappa shape index (κ1) is 25.0. The van der Waals surface area contributed by atoms with E-state index >= 15 is 0 Å². The predicted octanol–water partition coefficient (Wildman–Crippen LogP) is 9.76. The SMILES string of the molecule is C=C/C(C)=C/C/C=C(\C)CCC=C(C)C.CC1(C)C2=CCCC(C)(C)C23CC[C@H]1C3. The average molecular weight is 409 g/mol. The minimum atomic E-state index is 0.510.